The van der Waals surface area contributed by atoms with Crippen LogP contribution in [-0.4, -0.2) is 13.4 Å². The normalized spacial score (nSPS) is 9.85. The third-order valence-electron chi connectivity index (χ3n) is 2.02. The van der Waals surface area contributed by atoms with Crippen LogP contribution in [0.4, 0.5) is 0 Å². The maximum atomic E-state index is 10.7. The Bertz CT molecular complexity index is 345. The summed E-state index contributed by atoms with van der Waals surface area (Å²) in [7, 11) is 1.60. The van der Waals surface area contributed by atoms with E-state index in [1.54, 1.807) is 7.11 Å². The Morgan fingerprint density at radius 3 is 2.54 bits per heavy atom. The molecule has 0 aliphatic rings. The number of hydrogen-bond donors (Lipinski definition) is 0. The monoisotopic (exact) mass is 242 g/mol. The lowest BCUT2D eigenvalue weighted by atomic mass is 10.1. The number of aldehydes is 1. The van der Waals surface area contributed by atoms with Crippen LogP contribution in [0.5, 0.6) is 5.75 Å². The third kappa shape index (κ3) is 1.75. The minimum absolute atomic E-state index is 0.678. The highest BCUT2D eigenvalue weighted by Gasteiger charge is 2.10. The first kappa shape index (κ1) is 10.3. The van der Waals surface area contributed by atoms with Gasteiger partial charge in [-0.05, 0) is 41.4 Å². The van der Waals surface area contributed by atoms with Gasteiger partial charge in [0.1, 0.15) is 12.0 Å². The fraction of sp³-hybridized carbons (Fsp3) is 0.300. The van der Waals surface area contributed by atoms with Crippen molar-refractivity contribution in [3.63, 3.8) is 0 Å². The van der Waals surface area contributed by atoms with Crippen LogP contribution in [0.2, 0.25) is 0 Å². The summed E-state index contributed by atoms with van der Waals surface area (Å²) in [5, 5.41) is 0. The molecule has 0 heterocycles. The second-order valence-electron chi connectivity index (χ2n) is 2.87. The van der Waals surface area contributed by atoms with Crippen LogP contribution in [0, 0.1) is 13.8 Å². The molecule has 0 unspecified atom stereocenters. The summed E-state index contributed by atoms with van der Waals surface area (Å²) < 4.78 is 6.11. The smallest absolute Gasteiger partial charge is 0.150 e. The van der Waals surface area contributed by atoms with Gasteiger partial charge in [0.2, 0.25) is 0 Å². The number of rotatable bonds is 2. The maximum absolute atomic E-state index is 10.7. The summed E-state index contributed by atoms with van der Waals surface area (Å²) in [4.78, 5) is 10.7. The van der Waals surface area contributed by atoms with E-state index in [0.29, 0.717) is 5.56 Å². The van der Waals surface area contributed by atoms with Crippen LogP contribution in [0.15, 0.2) is 10.5 Å². The summed E-state index contributed by atoms with van der Waals surface area (Å²) in [5.74, 6) is 0.738. The number of aryl methyl sites for hydroxylation is 1. The number of carbonyl (C=O) groups excluding carboxylic acids is 1. The number of halogens is 1. The predicted molar refractivity (Wildman–Crippen MR) is 55.6 cm³/mol. The summed E-state index contributed by atoms with van der Waals surface area (Å²) in [5.41, 5.74) is 2.55. The topological polar surface area (TPSA) is 26.3 Å². The molecule has 0 radical (unpaired) electrons. The zero-order chi connectivity index (χ0) is 10.0. The van der Waals surface area contributed by atoms with Gasteiger partial charge in [0.15, 0.2) is 0 Å². The lowest BCUT2D eigenvalue weighted by Gasteiger charge is -2.11. The number of benzene rings is 1. The van der Waals surface area contributed by atoms with Gasteiger partial charge in [0.25, 0.3) is 0 Å². The van der Waals surface area contributed by atoms with Crippen LogP contribution in [-0.2, 0) is 0 Å². The highest BCUT2D eigenvalue weighted by atomic mass is 79.9. The Morgan fingerprint density at radius 1 is 1.46 bits per heavy atom. The van der Waals surface area contributed by atoms with E-state index in [4.69, 9.17) is 4.74 Å². The predicted octanol–water partition coefficient (Wildman–Crippen LogP) is 2.89. The standard InChI is InChI=1S/C10H11BrO2/c1-6-4-8(5-12)7(2)10(13-3)9(6)11/h4-5H,1-3H3. The van der Waals surface area contributed by atoms with Gasteiger partial charge < -0.3 is 4.74 Å². The van der Waals surface area contributed by atoms with E-state index in [0.717, 1.165) is 27.6 Å². The molecule has 0 aromatic heterocycles. The fourth-order valence-electron chi connectivity index (χ4n) is 1.24. The molecule has 0 aliphatic heterocycles. The van der Waals surface area contributed by atoms with Gasteiger partial charge in [-0.1, -0.05) is 0 Å². The highest BCUT2D eigenvalue weighted by Crippen LogP contribution is 2.33. The number of carbonyl (C=O) groups is 1. The molecule has 0 bridgehead atoms. The van der Waals surface area contributed by atoms with Gasteiger partial charge in [-0.25, -0.2) is 0 Å². The van der Waals surface area contributed by atoms with Gasteiger partial charge in [0, 0.05) is 11.1 Å². The number of methoxy groups -OCH3 is 1. The molecule has 2 nitrogen and oxygen atoms in total. The van der Waals surface area contributed by atoms with E-state index in [-0.39, 0.29) is 0 Å². The molecule has 13 heavy (non-hydrogen) atoms. The molecule has 0 saturated carbocycles. The van der Waals surface area contributed by atoms with Crippen molar-refractivity contribution in [3.8, 4) is 5.75 Å². The summed E-state index contributed by atoms with van der Waals surface area (Å²) >= 11 is 3.41. The quantitative estimate of drug-likeness (QED) is 0.746. The summed E-state index contributed by atoms with van der Waals surface area (Å²) in [6.45, 7) is 3.80. The highest BCUT2D eigenvalue weighted by molar-refractivity contribution is 9.10. The zero-order valence-corrected chi connectivity index (χ0v) is 9.44. The van der Waals surface area contributed by atoms with E-state index in [2.05, 4.69) is 15.9 Å². The second-order valence-corrected chi connectivity index (χ2v) is 3.67. The van der Waals surface area contributed by atoms with Crippen LogP contribution < -0.4 is 4.74 Å². The Hall–Kier alpha value is -0.830. The lowest BCUT2D eigenvalue weighted by Crippen LogP contribution is -1.96. The van der Waals surface area contributed by atoms with Crippen molar-refractivity contribution < 1.29 is 9.53 Å². The van der Waals surface area contributed by atoms with Crippen molar-refractivity contribution in [2.45, 2.75) is 13.8 Å². The van der Waals surface area contributed by atoms with Crippen molar-refractivity contribution in [1.29, 1.82) is 0 Å². The Morgan fingerprint density at radius 2 is 2.08 bits per heavy atom. The fourth-order valence-corrected chi connectivity index (χ4v) is 1.82. The summed E-state index contributed by atoms with van der Waals surface area (Å²) in [6, 6.07) is 1.84. The molecule has 0 N–H and O–H groups in total. The zero-order valence-electron chi connectivity index (χ0n) is 7.85. The van der Waals surface area contributed by atoms with Crippen LogP contribution in [0.1, 0.15) is 21.5 Å². The van der Waals surface area contributed by atoms with E-state index in [1.165, 1.54) is 0 Å². The van der Waals surface area contributed by atoms with Crippen molar-refractivity contribution in [3.05, 3.63) is 27.2 Å². The van der Waals surface area contributed by atoms with Gasteiger partial charge in [-0.2, -0.15) is 0 Å². The Kier molecular flexibility index (Phi) is 3.09. The molecule has 3 heteroatoms. The molecule has 70 valence electrons. The molecule has 0 atom stereocenters. The van der Waals surface area contributed by atoms with Crippen molar-refractivity contribution >= 4 is 22.2 Å². The van der Waals surface area contributed by atoms with Crippen molar-refractivity contribution in [2.75, 3.05) is 7.11 Å². The summed E-state index contributed by atoms with van der Waals surface area (Å²) in [6.07, 6.45) is 0.845. The van der Waals surface area contributed by atoms with Crippen LogP contribution in [0.25, 0.3) is 0 Å². The second kappa shape index (κ2) is 3.92. The molecule has 1 aromatic carbocycles. The Balaban J connectivity index is 3.47. The van der Waals surface area contributed by atoms with E-state index >= 15 is 0 Å². The first-order valence-electron chi connectivity index (χ1n) is 3.90. The van der Waals surface area contributed by atoms with Gasteiger partial charge in [-0.3, -0.25) is 4.79 Å². The first-order chi connectivity index (χ1) is 6.11. The Labute approximate surface area is 86.0 Å². The number of ether oxygens (including phenoxy) is 1. The molecule has 0 spiro atoms. The van der Waals surface area contributed by atoms with E-state index in [9.17, 15) is 4.79 Å². The van der Waals surface area contributed by atoms with E-state index < -0.39 is 0 Å². The van der Waals surface area contributed by atoms with E-state index in [1.807, 2.05) is 19.9 Å². The molecule has 0 amide bonds. The van der Waals surface area contributed by atoms with Crippen molar-refractivity contribution in [1.82, 2.24) is 0 Å². The molecule has 0 fully saturated rings. The average Bonchev–Trinajstić information content (AvgIpc) is 2.12. The molecule has 1 rings (SSSR count). The molecule has 0 saturated heterocycles. The molecule has 0 aliphatic carbocycles. The molecular weight excluding hydrogens is 232 g/mol. The first-order valence-corrected chi connectivity index (χ1v) is 4.70. The maximum Gasteiger partial charge on any atom is 0.150 e. The number of hydrogen-bond acceptors (Lipinski definition) is 2. The molecular formula is C10H11BrO2. The van der Waals surface area contributed by atoms with Crippen molar-refractivity contribution in [2.24, 2.45) is 0 Å². The SMILES string of the molecule is COc1c(C)c(C=O)cc(C)c1Br. The lowest BCUT2D eigenvalue weighted by molar-refractivity contribution is 0.112. The van der Waals surface area contributed by atoms with Crippen LogP contribution >= 0.6 is 15.9 Å². The largest absolute Gasteiger partial charge is 0.495 e. The third-order valence-corrected chi connectivity index (χ3v) is 3.01. The van der Waals surface area contributed by atoms with Gasteiger partial charge in [-0.15, -0.1) is 0 Å². The minimum Gasteiger partial charge on any atom is -0.495 e. The minimum atomic E-state index is 0.678. The molecule has 1 aromatic rings. The van der Waals surface area contributed by atoms with Gasteiger partial charge in [0.05, 0.1) is 11.6 Å². The average molecular weight is 243 g/mol. The van der Waals surface area contributed by atoms with Crippen LogP contribution in [0.3, 0.4) is 0 Å². The van der Waals surface area contributed by atoms with Gasteiger partial charge >= 0.3 is 0 Å².